The van der Waals surface area contributed by atoms with Gasteiger partial charge in [0.2, 0.25) is 5.91 Å². The van der Waals surface area contributed by atoms with Gasteiger partial charge in [-0.15, -0.1) is 11.3 Å². The third kappa shape index (κ3) is 4.07. The van der Waals surface area contributed by atoms with E-state index < -0.39 is 0 Å². The van der Waals surface area contributed by atoms with Crippen molar-refractivity contribution in [2.45, 2.75) is 39.5 Å². The van der Waals surface area contributed by atoms with Gasteiger partial charge in [-0.25, -0.2) is 4.79 Å². The molecule has 0 radical (unpaired) electrons. The number of benzene rings is 1. The monoisotopic (exact) mass is 372 g/mol. The quantitative estimate of drug-likeness (QED) is 0.704. The summed E-state index contributed by atoms with van der Waals surface area (Å²) in [5.41, 5.74) is 4.77. The number of hydrogen-bond acceptors (Lipinski definition) is 5. The Bertz CT molecular complexity index is 824. The SMILES string of the molecule is CCOC(=O)c1c(C2CC2)csc1NC(=O)CNc1cccc(C)c1C. The third-order valence-corrected chi connectivity index (χ3v) is 5.53. The zero-order valence-electron chi connectivity index (χ0n) is 15.3. The first-order chi connectivity index (χ1) is 12.5. The van der Waals surface area contributed by atoms with E-state index in [9.17, 15) is 9.59 Å². The molecule has 1 amide bonds. The van der Waals surface area contributed by atoms with Gasteiger partial charge in [-0.1, -0.05) is 12.1 Å². The predicted molar refractivity (Wildman–Crippen MR) is 105 cm³/mol. The number of ether oxygens (including phenoxy) is 1. The van der Waals surface area contributed by atoms with Crippen LogP contribution in [0, 0.1) is 13.8 Å². The number of amides is 1. The number of anilines is 2. The molecule has 1 heterocycles. The fourth-order valence-corrected chi connectivity index (χ4v) is 3.91. The Labute approximate surface area is 157 Å². The number of hydrogen-bond donors (Lipinski definition) is 2. The molecule has 0 atom stereocenters. The molecule has 3 rings (SSSR count). The Morgan fingerprint density at radius 3 is 2.73 bits per heavy atom. The molecule has 5 nitrogen and oxygen atoms in total. The molecule has 26 heavy (non-hydrogen) atoms. The largest absolute Gasteiger partial charge is 0.462 e. The molecular weight excluding hydrogens is 348 g/mol. The van der Waals surface area contributed by atoms with Crippen LogP contribution in [0.4, 0.5) is 10.7 Å². The molecule has 1 saturated carbocycles. The van der Waals surface area contributed by atoms with Gasteiger partial charge in [-0.05, 0) is 67.7 Å². The van der Waals surface area contributed by atoms with E-state index in [1.165, 1.54) is 16.9 Å². The maximum absolute atomic E-state index is 12.4. The van der Waals surface area contributed by atoms with Crippen LogP contribution in [-0.4, -0.2) is 25.0 Å². The third-order valence-electron chi connectivity index (χ3n) is 4.61. The van der Waals surface area contributed by atoms with E-state index in [2.05, 4.69) is 10.6 Å². The molecule has 2 N–H and O–H groups in total. The maximum atomic E-state index is 12.4. The second-order valence-corrected chi connectivity index (χ2v) is 7.42. The molecule has 0 aliphatic heterocycles. The van der Waals surface area contributed by atoms with Crippen molar-refractivity contribution in [2.75, 3.05) is 23.8 Å². The Kier molecular flexibility index (Phi) is 5.61. The second-order valence-electron chi connectivity index (χ2n) is 6.54. The van der Waals surface area contributed by atoms with Crippen molar-refractivity contribution >= 4 is 33.9 Å². The van der Waals surface area contributed by atoms with E-state index in [1.807, 2.05) is 37.4 Å². The van der Waals surface area contributed by atoms with Gasteiger partial charge in [0.25, 0.3) is 0 Å². The first kappa shape index (κ1) is 18.5. The summed E-state index contributed by atoms with van der Waals surface area (Å²) < 4.78 is 5.19. The van der Waals surface area contributed by atoms with E-state index in [0.717, 1.165) is 29.7 Å². The van der Waals surface area contributed by atoms with Crippen LogP contribution in [-0.2, 0) is 9.53 Å². The molecule has 1 aliphatic rings. The van der Waals surface area contributed by atoms with Gasteiger partial charge in [0, 0.05) is 5.69 Å². The Hall–Kier alpha value is -2.34. The summed E-state index contributed by atoms with van der Waals surface area (Å²) in [5, 5.41) is 8.59. The highest BCUT2D eigenvalue weighted by Gasteiger charge is 2.32. The van der Waals surface area contributed by atoms with Crippen molar-refractivity contribution in [2.24, 2.45) is 0 Å². The second kappa shape index (κ2) is 7.91. The fourth-order valence-electron chi connectivity index (χ4n) is 2.86. The van der Waals surface area contributed by atoms with Crippen LogP contribution in [0.2, 0.25) is 0 Å². The lowest BCUT2D eigenvalue weighted by Gasteiger charge is -2.12. The molecule has 0 unspecified atom stereocenters. The summed E-state index contributed by atoms with van der Waals surface area (Å²) in [5.74, 6) is -0.113. The van der Waals surface area contributed by atoms with Crippen molar-refractivity contribution in [3.63, 3.8) is 0 Å². The van der Waals surface area contributed by atoms with Crippen LogP contribution in [0.1, 0.15) is 52.7 Å². The zero-order chi connectivity index (χ0) is 18.7. The molecule has 0 bridgehead atoms. The molecule has 0 saturated heterocycles. The van der Waals surface area contributed by atoms with Gasteiger partial charge in [-0.3, -0.25) is 4.79 Å². The molecule has 0 spiro atoms. The average Bonchev–Trinajstić information content (AvgIpc) is 3.37. The molecule has 6 heteroatoms. The van der Waals surface area contributed by atoms with E-state index in [0.29, 0.717) is 23.1 Å². The highest BCUT2D eigenvalue weighted by Crippen LogP contribution is 2.46. The number of thiophene rings is 1. The number of rotatable bonds is 7. The van der Waals surface area contributed by atoms with Crippen LogP contribution >= 0.6 is 11.3 Å². The van der Waals surface area contributed by atoms with Crippen molar-refractivity contribution in [1.29, 1.82) is 0 Å². The minimum absolute atomic E-state index is 0.142. The van der Waals surface area contributed by atoms with Crippen LogP contribution in [0.3, 0.4) is 0 Å². The summed E-state index contributed by atoms with van der Waals surface area (Å²) in [6.07, 6.45) is 2.18. The van der Waals surface area contributed by atoms with Crippen LogP contribution in [0.25, 0.3) is 0 Å². The van der Waals surface area contributed by atoms with Gasteiger partial charge in [0.05, 0.1) is 18.7 Å². The topological polar surface area (TPSA) is 67.4 Å². The molecular formula is C20H24N2O3S. The number of aryl methyl sites for hydroxylation is 1. The summed E-state index contributed by atoms with van der Waals surface area (Å²) in [4.78, 5) is 24.7. The molecule has 138 valence electrons. The number of nitrogens with one attached hydrogen (secondary N) is 2. The Balaban J connectivity index is 1.69. The minimum atomic E-state index is -0.353. The van der Waals surface area contributed by atoms with Gasteiger partial charge >= 0.3 is 5.97 Å². The fraction of sp³-hybridized carbons (Fsp3) is 0.400. The molecule has 1 aromatic heterocycles. The van der Waals surface area contributed by atoms with Gasteiger partial charge < -0.3 is 15.4 Å². The van der Waals surface area contributed by atoms with Gasteiger partial charge in [0.1, 0.15) is 5.00 Å². The summed E-state index contributed by atoms with van der Waals surface area (Å²) >= 11 is 1.39. The maximum Gasteiger partial charge on any atom is 0.341 e. The van der Waals surface area contributed by atoms with E-state index in [4.69, 9.17) is 4.74 Å². The first-order valence-electron chi connectivity index (χ1n) is 8.89. The predicted octanol–water partition coefficient (Wildman–Crippen LogP) is 4.47. The molecule has 1 aromatic carbocycles. The zero-order valence-corrected chi connectivity index (χ0v) is 16.2. The number of carbonyl (C=O) groups excluding carboxylic acids is 2. The van der Waals surface area contributed by atoms with E-state index in [-0.39, 0.29) is 18.4 Å². The Morgan fingerprint density at radius 2 is 2.04 bits per heavy atom. The van der Waals surface area contributed by atoms with Crippen molar-refractivity contribution in [3.8, 4) is 0 Å². The van der Waals surface area contributed by atoms with Crippen LogP contribution in [0.5, 0.6) is 0 Å². The lowest BCUT2D eigenvalue weighted by atomic mass is 10.1. The summed E-state index contributed by atoms with van der Waals surface area (Å²) in [6.45, 7) is 6.31. The van der Waals surface area contributed by atoms with E-state index >= 15 is 0 Å². The summed E-state index contributed by atoms with van der Waals surface area (Å²) in [6, 6.07) is 5.95. The van der Waals surface area contributed by atoms with E-state index in [1.54, 1.807) is 6.92 Å². The van der Waals surface area contributed by atoms with Crippen molar-refractivity contribution in [3.05, 3.63) is 45.8 Å². The average molecular weight is 372 g/mol. The molecule has 2 aromatic rings. The lowest BCUT2D eigenvalue weighted by molar-refractivity contribution is -0.114. The van der Waals surface area contributed by atoms with Crippen LogP contribution < -0.4 is 10.6 Å². The summed E-state index contributed by atoms with van der Waals surface area (Å²) in [7, 11) is 0. The lowest BCUT2D eigenvalue weighted by Crippen LogP contribution is -2.23. The highest BCUT2D eigenvalue weighted by atomic mass is 32.1. The van der Waals surface area contributed by atoms with Crippen LogP contribution in [0.15, 0.2) is 23.6 Å². The van der Waals surface area contributed by atoms with Gasteiger partial charge in [0.15, 0.2) is 0 Å². The number of carbonyl (C=O) groups is 2. The molecule has 1 aliphatic carbocycles. The Morgan fingerprint density at radius 1 is 1.27 bits per heavy atom. The number of esters is 1. The van der Waals surface area contributed by atoms with Gasteiger partial charge in [-0.2, -0.15) is 0 Å². The standard InChI is InChI=1S/C20H24N2O3S/c1-4-25-20(24)18-15(14-8-9-14)11-26-19(18)22-17(23)10-21-16-7-5-6-12(2)13(16)3/h5-7,11,14,21H,4,8-10H2,1-3H3,(H,22,23). The first-order valence-corrected chi connectivity index (χ1v) is 9.77. The normalized spacial score (nSPS) is 13.3. The van der Waals surface area contributed by atoms with Crippen molar-refractivity contribution in [1.82, 2.24) is 0 Å². The highest BCUT2D eigenvalue weighted by molar-refractivity contribution is 7.15. The molecule has 1 fully saturated rings. The minimum Gasteiger partial charge on any atom is -0.462 e. The smallest absolute Gasteiger partial charge is 0.341 e. The van der Waals surface area contributed by atoms with Crippen molar-refractivity contribution < 1.29 is 14.3 Å².